The first-order valence-corrected chi connectivity index (χ1v) is 12.1. The van der Waals surface area contributed by atoms with Crippen molar-refractivity contribution in [2.24, 2.45) is 0 Å². The van der Waals surface area contributed by atoms with Crippen molar-refractivity contribution in [3.8, 4) is 22.4 Å². The number of fused-ring (bicyclic) bond motifs is 1. The van der Waals surface area contributed by atoms with E-state index >= 15 is 0 Å². The van der Waals surface area contributed by atoms with Gasteiger partial charge in [0, 0.05) is 35.2 Å². The van der Waals surface area contributed by atoms with E-state index in [1.807, 2.05) is 55.6 Å². The number of unbranched alkanes of at least 4 members (excludes halogenated alkanes) is 1. The highest BCUT2D eigenvalue weighted by Crippen LogP contribution is 2.35. The largest absolute Gasteiger partial charge is 0.466 e. The van der Waals surface area contributed by atoms with E-state index in [1.54, 1.807) is 10.7 Å². The molecule has 4 N–H and O–H groups in total. The van der Waals surface area contributed by atoms with E-state index in [9.17, 15) is 4.79 Å². The number of benzene rings is 1. The first-order valence-electron chi connectivity index (χ1n) is 12.1. The summed E-state index contributed by atoms with van der Waals surface area (Å²) in [6.07, 6.45) is 7.36. The van der Waals surface area contributed by atoms with Crippen LogP contribution in [0.4, 0.5) is 11.5 Å². The quantitative estimate of drug-likeness (QED) is 0.303. The topological polar surface area (TPSA) is 121 Å². The van der Waals surface area contributed by atoms with Gasteiger partial charge >= 0.3 is 5.97 Å². The number of carbonyl (C=O) groups excluding carboxylic acids is 1. The third-order valence-electron chi connectivity index (χ3n) is 6.19. The number of esters is 1. The molecule has 4 rings (SSSR count). The van der Waals surface area contributed by atoms with E-state index in [2.05, 4.69) is 17.0 Å². The van der Waals surface area contributed by atoms with E-state index in [-0.39, 0.29) is 11.9 Å². The Labute approximate surface area is 205 Å². The molecular weight excluding hydrogens is 440 g/mol. The molecule has 0 aliphatic heterocycles. The summed E-state index contributed by atoms with van der Waals surface area (Å²) in [5.74, 6) is 0.131. The zero-order chi connectivity index (χ0) is 24.8. The van der Waals surface area contributed by atoms with Crippen molar-refractivity contribution >= 4 is 23.1 Å². The van der Waals surface area contributed by atoms with Gasteiger partial charge in [-0.2, -0.15) is 9.61 Å². The summed E-state index contributed by atoms with van der Waals surface area (Å²) in [5.41, 5.74) is 18.3. The fourth-order valence-corrected chi connectivity index (χ4v) is 4.29. The standard InChI is InChI=1S/C27H32N6O2/c1-3-5-9-19(13-15-23(34)35-4-2)25-24(28)26(29)33-27(32-25)21(17-31-33)20-12-14-22(30-16-20)18-10-7-6-8-11-18/h6-8,10-12,14,16-17,19H,3-5,9,13,15,28-29H2,1-2H3/t19-/m1/s1. The second-order valence-corrected chi connectivity index (χ2v) is 8.57. The highest BCUT2D eigenvalue weighted by molar-refractivity contribution is 5.81. The number of carbonyl (C=O) groups is 1. The number of hydrogen-bond donors (Lipinski definition) is 2. The highest BCUT2D eigenvalue weighted by atomic mass is 16.5. The maximum absolute atomic E-state index is 12.0. The second kappa shape index (κ2) is 11.0. The van der Waals surface area contributed by atoms with Crippen molar-refractivity contribution in [3.63, 3.8) is 0 Å². The summed E-state index contributed by atoms with van der Waals surface area (Å²) < 4.78 is 6.70. The maximum atomic E-state index is 12.0. The van der Waals surface area contributed by atoms with Crippen LogP contribution >= 0.6 is 0 Å². The van der Waals surface area contributed by atoms with Crippen LogP contribution in [0.3, 0.4) is 0 Å². The lowest BCUT2D eigenvalue weighted by Gasteiger charge is -2.19. The summed E-state index contributed by atoms with van der Waals surface area (Å²) in [4.78, 5) is 21.6. The minimum Gasteiger partial charge on any atom is -0.466 e. The summed E-state index contributed by atoms with van der Waals surface area (Å²) in [6, 6.07) is 14.0. The molecule has 8 heteroatoms. The Morgan fingerprint density at radius 3 is 2.51 bits per heavy atom. The first kappa shape index (κ1) is 24.2. The molecule has 0 aliphatic carbocycles. The number of rotatable bonds is 10. The molecule has 0 saturated carbocycles. The molecule has 0 amide bonds. The number of ether oxygens (including phenoxy) is 1. The molecule has 0 fully saturated rings. The number of nitrogens with two attached hydrogens (primary N) is 2. The van der Waals surface area contributed by atoms with Crippen LogP contribution in [-0.4, -0.2) is 32.2 Å². The summed E-state index contributed by atoms with van der Waals surface area (Å²) >= 11 is 0. The van der Waals surface area contributed by atoms with Crippen LogP contribution in [0.15, 0.2) is 54.9 Å². The molecule has 0 saturated heterocycles. The Balaban J connectivity index is 1.70. The number of aromatic nitrogens is 4. The van der Waals surface area contributed by atoms with Gasteiger partial charge in [0.05, 0.1) is 29.9 Å². The number of pyridine rings is 1. The van der Waals surface area contributed by atoms with E-state index in [1.165, 1.54) is 0 Å². The zero-order valence-corrected chi connectivity index (χ0v) is 20.3. The van der Waals surface area contributed by atoms with Crippen LogP contribution < -0.4 is 11.5 Å². The molecule has 0 unspecified atom stereocenters. The molecule has 3 heterocycles. The third kappa shape index (κ3) is 5.26. The maximum Gasteiger partial charge on any atom is 0.305 e. The van der Waals surface area contributed by atoms with Gasteiger partial charge in [-0.1, -0.05) is 56.2 Å². The number of nitrogen functional groups attached to an aromatic ring is 2. The average molecular weight is 473 g/mol. The molecule has 35 heavy (non-hydrogen) atoms. The van der Waals surface area contributed by atoms with E-state index in [4.69, 9.17) is 21.2 Å². The molecule has 0 aliphatic rings. The van der Waals surface area contributed by atoms with Crippen LogP contribution in [0, 0.1) is 0 Å². The number of anilines is 2. The van der Waals surface area contributed by atoms with Crippen molar-refractivity contribution in [2.45, 2.75) is 51.9 Å². The Morgan fingerprint density at radius 2 is 1.83 bits per heavy atom. The van der Waals surface area contributed by atoms with Crippen molar-refractivity contribution < 1.29 is 9.53 Å². The fourth-order valence-electron chi connectivity index (χ4n) is 4.29. The Morgan fingerprint density at radius 1 is 1.03 bits per heavy atom. The Bertz CT molecular complexity index is 1280. The normalized spacial score (nSPS) is 12.1. The molecule has 1 atom stereocenters. The van der Waals surface area contributed by atoms with Gasteiger partial charge in [-0.05, 0) is 25.8 Å². The lowest BCUT2D eigenvalue weighted by Crippen LogP contribution is -2.14. The SMILES string of the molecule is CCCC[C@H](CCC(=O)OCC)c1nc2c(-c3ccc(-c4ccccc4)nc3)cnn2c(N)c1N. The minimum absolute atomic E-state index is 0.00649. The van der Waals surface area contributed by atoms with Gasteiger partial charge in [0.2, 0.25) is 0 Å². The molecule has 182 valence electrons. The zero-order valence-electron chi connectivity index (χ0n) is 20.3. The predicted molar refractivity (Wildman–Crippen MR) is 139 cm³/mol. The minimum atomic E-state index is -0.212. The smallest absolute Gasteiger partial charge is 0.305 e. The molecule has 0 radical (unpaired) electrons. The number of hydrogen-bond acceptors (Lipinski definition) is 7. The van der Waals surface area contributed by atoms with E-state index in [0.717, 1.165) is 41.6 Å². The van der Waals surface area contributed by atoms with E-state index in [0.29, 0.717) is 42.3 Å². The lowest BCUT2D eigenvalue weighted by molar-refractivity contribution is -0.143. The summed E-state index contributed by atoms with van der Waals surface area (Å²) in [6.45, 7) is 4.31. The Kier molecular flexibility index (Phi) is 7.60. The van der Waals surface area contributed by atoms with Gasteiger partial charge in [0.1, 0.15) is 0 Å². The van der Waals surface area contributed by atoms with Crippen molar-refractivity contribution in [2.75, 3.05) is 18.1 Å². The molecule has 1 aromatic carbocycles. The summed E-state index contributed by atoms with van der Waals surface area (Å²) in [5, 5.41) is 4.44. The van der Waals surface area contributed by atoms with Gasteiger partial charge in [0.15, 0.2) is 11.5 Å². The van der Waals surface area contributed by atoms with Crippen LogP contribution in [0.2, 0.25) is 0 Å². The monoisotopic (exact) mass is 472 g/mol. The van der Waals surface area contributed by atoms with Gasteiger partial charge in [-0.15, -0.1) is 0 Å². The van der Waals surface area contributed by atoms with Crippen LogP contribution in [0.1, 0.15) is 57.6 Å². The van der Waals surface area contributed by atoms with Crippen LogP contribution in [0.5, 0.6) is 0 Å². The van der Waals surface area contributed by atoms with Crippen LogP contribution in [0.25, 0.3) is 28.0 Å². The van der Waals surface area contributed by atoms with Gasteiger partial charge in [0.25, 0.3) is 0 Å². The summed E-state index contributed by atoms with van der Waals surface area (Å²) in [7, 11) is 0. The second-order valence-electron chi connectivity index (χ2n) is 8.57. The van der Waals surface area contributed by atoms with Crippen molar-refractivity contribution in [3.05, 3.63) is 60.6 Å². The lowest BCUT2D eigenvalue weighted by atomic mass is 9.92. The third-order valence-corrected chi connectivity index (χ3v) is 6.19. The molecule has 0 spiro atoms. The molecular formula is C27H32N6O2. The van der Waals surface area contributed by atoms with Crippen molar-refractivity contribution in [1.82, 2.24) is 19.6 Å². The average Bonchev–Trinajstić information content (AvgIpc) is 3.31. The van der Waals surface area contributed by atoms with Gasteiger partial charge in [-0.25, -0.2) is 4.98 Å². The molecule has 0 bridgehead atoms. The first-order chi connectivity index (χ1) is 17.0. The molecule has 4 aromatic rings. The van der Waals surface area contributed by atoms with Crippen LogP contribution in [-0.2, 0) is 9.53 Å². The fraction of sp³-hybridized carbons (Fsp3) is 0.333. The predicted octanol–water partition coefficient (Wildman–Crippen LogP) is 5.24. The van der Waals surface area contributed by atoms with E-state index < -0.39 is 0 Å². The highest BCUT2D eigenvalue weighted by Gasteiger charge is 2.23. The molecule has 3 aromatic heterocycles. The Hall–Kier alpha value is -3.94. The van der Waals surface area contributed by atoms with Crippen molar-refractivity contribution in [1.29, 1.82) is 0 Å². The molecule has 8 nitrogen and oxygen atoms in total. The van der Waals surface area contributed by atoms with Gasteiger partial charge < -0.3 is 16.2 Å². The van der Waals surface area contributed by atoms with Gasteiger partial charge in [-0.3, -0.25) is 9.78 Å². The number of nitrogens with zero attached hydrogens (tertiary/aromatic N) is 4.